The Morgan fingerprint density at radius 3 is 2.71 bits per heavy atom. The fourth-order valence-electron chi connectivity index (χ4n) is 2.77. The number of thioether (sulfide) groups is 1. The van der Waals surface area contributed by atoms with Gasteiger partial charge in [0, 0.05) is 16.4 Å². The molecule has 0 saturated heterocycles. The lowest BCUT2D eigenvalue weighted by Crippen LogP contribution is -2.15. The summed E-state index contributed by atoms with van der Waals surface area (Å²) < 4.78 is 7.88. The zero-order valence-corrected chi connectivity index (χ0v) is 13.5. The fraction of sp³-hybridized carbons (Fsp3) is 0. The second-order valence-electron chi connectivity index (χ2n) is 5.55. The third kappa shape index (κ3) is 2.21. The van der Waals surface area contributed by atoms with Gasteiger partial charge < -0.3 is 4.42 Å². The highest BCUT2D eigenvalue weighted by molar-refractivity contribution is 8.02. The first-order valence-corrected chi connectivity index (χ1v) is 8.52. The number of hydrogen-bond donors (Lipinski definition) is 1. The van der Waals surface area contributed by atoms with Gasteiger partial charge in [-0.05, 0) is 12.1 Å². The van der Waals surface area contributed by atoms with Gasteiger partial charge >= 0.3 is 0 Å². The molecule has 3 heterocycles. The highest BCUT2D eigenvalue weighted by Crippen LogP contribution is 2.33. The van der Waals surface area contributed by atoms with Crippen LogP contribution in [0, 0.1) is 0 Å². The zero-order valence-electron chi connectivity index (χ0n) is 12.6. The number of imidazole rings is 1. The molecule has 0 aliphatic carbocycles. The molecule has 0 atom stereocenters. The molecule has 24 heavy (non-hydrogen) atoms. The van der Waals surface area contributed by atoms with Gasteiger partial charge in [0.15, 0.2) is 10.9 Å². The lowest BCUT2D eigenvalue weighted by molar-refractivity contribution is 0.596. The Hall–Kier alpha value is -2.92. The summed E-state index contributed by atoms with van der Waals surface area (Å²) in [6, 6.07) is 20.2. The summed E-state index contributed by atoms with van der Waals surface area (Å²) in [5.41, 5.74) is 7.24. The molecule has 0 radical (unpaired) electrons. The minimum absolute atomic E-state index is 0.823. The van der Waals surface area contributed by atoms with Gasteiger partial charge in [0.05, 0.1) is 11.9 Å². The summed E-state index contributed by atoms with van der Waals surface area (Å²) in [5.74, 6) is 0.823. The number of nitrogens with zero attached hydrogens (tertiary/aromatic N) is 2. The van der Waals surface area contributed by atoms with E-state index in [1.54, 1.807) is 11.8 Å². The van der Waals surface area contributed by atoms with Crippen LogP contribution in [0.2, 0.25) is 0 Å². The first-order chi connectivity index (χ1) is 11.9. The van der Waals surface area contributed by atoms with Crippen LogP contribution in [0.3, 0.4) is 0 Å². The van der Waals surface area contributed by atoms with Crippen LogP contribution in [0.25, 0.3) is 27.9 Å². The van der Waals surface area contributed by atoms with Crippen LogP contribution in [-0.4, -0.2) is 9.66 Å². The summed E-state index contributed by atoms with van der Waals surface area (Å²) >= 11 is 1.58. The molecule has 0 saturated carbocycles. The van der Waals surface area contributed by atoms with Crippen molar-refractivity contribution in [1.82, 2.24) is 9.66 Å². The Bertz CT molecular complexity index is 1030. The number of benzene rings is 2. The van der Waals surface area contributed by atoms with Crippen molar-refractivity contribution in [2.45, 2.75) is 5.16 Å². The molecule has 5 rings (SSSR count). The van der Waals surface area contributed by atoms with Gasteiger partial charge in [-0.2, -0.15) is 0 Å². The molecule has 1 aliphatic rings. The maximum absolute atomic E-state index is 5.94. The summed E-state index contributed by atoms with van der Waals surface area (Å²) in [4.78, 5) is 4.68. The smallest absolute Gasteiger partial charge is 0.192 e. The van der Waals surface area contributed by atoms with Crippen molar-refractivity contribution in [3.63, 3.8) is 0 Å². The number of rotatable bonds is 2. The highest BCUT2D eigenvalue weighted by atomic mass is 32.2. The first kappa shape index (κ1) is 13.5. The normalized spacial score (nSPS) is 13.4. The number of fused-ring (bicyclic) bond motifs is 2. The average molecular weight is 331 g/mol. The van der Waals surface area contributed by atoms with Crippen LogP contribution >= 0.6 is 11.8 Å². The third-order valence-corrected chi connectivity index (χ3v) is 4.81. The van der Waals surface area contributed by atoms with Crippen molar-refractivity contribution in [3.05, 3.63) is 78.0 Å². The molecule has 116 valence electrons. The lowest BCUT2D eigenvalue weighted by Gasteiger charge is -2.15. The monoisotopic (exact) mass is 331 g/mol. The van der Waals surface area contributed by atoms with Gasteiger partial charge in [-0.3, -0.25) is 5.43 Å². The SMILES string of the molecule is C1=C(c2cc3ccccc3o2)Nn2cc(-c3ccccc3)nc2S1. The van der Waals surface area contributed by atoms with Gasteiger partial charge in [0.25, 0.3) is 0 Å². The van der Waals surface area contributed by atoms with E-state index in [1.807, 2.05) is 52.7 Å². The van der Waals surface area contributed by atoms with Gasteiger partial charge in [0.1, 0.15) is 11.3 Å². The minimum Gasteiger partial charge on any atom is -0.454 e. The quantitative estimate of drug-likeness (QED) is 0.565. The van der Waals surface area contributed by atoms with Crippen molar-refractivity contribution in [3.8, 4) is 11.3 Å². The summed E-state index contributed by atoms with van der Waals surface area (Å²) in [6.45, 7) is 0. The van der Waals surface area contributed by atoms with E-state index < -0.39 is 0 Å². The molecule has 2 aromatic carbocycles. The van der Waals surface area contributed by atoms with Gasteiger partial charge in [-0.25, -0.2) is 9.66 Å². The third-order valence-electron chi connectivity index (χ3n) is 3.96. The molecule has 0 bridgehead atoms. The molecule has 5 heteroatoms. The first-order valence-electron chi connectivity index (χ1n) is 7.64. The molecular weight excluding hydrogens is 318 g/mol. The standard InChI is InChI=1S/C19H13N3OS/c1-2-6-13(7-3-1)15-11-22-19(20-15)24-12-16(21-22)18-10-14-8-4-5-9-17(14)23-18/h1-12,21H. The van der Waals surface area contributed by atoms with E-state index in [9.17, 15) is 0 Å². The molecule has 0 amide bonds. The predicted octanol–water partition coefficient (Wildman–Crippen LogP) is 4.94. The Morgan fingerprint density at radius 1 is 1.00 bits per heavy atom. The molecule has 4 nitrogen and oxygen atoms in total. The Morgan fingerprint density at radius 2 is 1.83 bits per heavy atom. The van der Waals surface area contributed by atoms with E-state index >= 15 is 0 Å². The Balaban J connectivity index is 1.49. The van der Waals surface area contributed by atoms with E-state index in [0.29, 0.717) is 0 Å². The zero-order chi connectivity index (χ0) is 15.9. The highest BCUT2D eigenvalue weighted by Gasteiger charge is 2.18. The van der Waals surface area contributed by atoms with Crippen LogP contribution < -0.4 is 5.43 Å². The number of para-hydroxylation sites is 1. The minimum atomic E-state index is 0.823. The molecule has 1 N–H and O–H groups in total. The van der Waals surface area contributed by atoms with Crippen molar-refractivity contribution < 1.29 is 4.42 Å². The van der Waals surface area contributed by atoms with E-state index in [4.69, 9.17) is 4.42 Å². The van der Waals surface area contributed by atoms with Crippen molar-refractivity contribution in [2.75, 3.05) is 5.43 Å². The Kier molecular flexibility index (Phi) is 2.99. The number of hydrogen-bond acceptors (Lipinski definition) is 4. The number of nitrogens with one attached hydrogen (secondary N) is 1. The van der Waals surface area contributed by atoms with Crippen molar-refractivity contribution in [2.24, 2.45) is 0 Å². The molecule has 0 unspecified atom stereocenters. The largest absolute Gasteiger partial charge is 0.454 e. The van der Waals surface area contributed by atoms with Crippen LogP contribution in [0.1, 0.15) is 5.76 Å². The second-order valence-corrected chi connectivity index (χ2v) is 6.39. The van der Waals surface area contributed by atoms with E-state index in [1.165, 1.54) is 0 Å². The van der Waals surface area contributed by atoms with Gasteiger partial charge in [-0.15, -0.1) is 0 Å². The predicted molar refractivity (Wildman–Crippen MR) is 97.1 cm³/mol. The molecule has 0 spiro atoms. The number of furan rings is 1. The van der Waals surface area contributed by atoms with E-state index in [0.717, 1.165) is 38.8 Å². The topological polar surface area (TPSA) is 43.0 Å². The van der Waals surface area contributed by atoms with E-state index in [-0.39, 0.29) is 0 Å². The van der Waals surface area contributed by atoms with Crippen LogP contribution in [0.15, 0.2) is 81.8 Å². The average Bonchev–Trinajstić information content (AvgIpc) is 3.25. The van der Waals surface area contributed by atoms with Crippen molar-refractivity contribution >= 4 is 28.4 Å². The summed E-state index contributed by atoms with van der Waals surface area (Å²) in [6.07, 6.45) is 2.01. The van der Waals surface area contributed by atoms with Crippen LogP contribution in [0.4, 0.5) is 0 Å². The molecule has 1 aliphatic heterocycles. The van der Waals surface area contributed by atoms with Gasteiger partial charge in [-0.1, -0.05) is 60.3 Å². The van der Waals surface area contributed by atoms with Gasteiger partial charge in [0.2, 0.25) is 0 Å². The summed E-state index contributed by atoms with van der Waals surface area (Å²) in [7, 11) is 0. The maximum atomic E-state index is 5.94. The van der Waals surface area contributed by atoms with Crippen LogP contribution in [-0.2, 0) is 0 Å². The fourth-order valence-corrected chi connectivity index (χ4v) is 3.53. The lowest BCUT2D eigenvalue weighted by atomic mass is 10.2. The maximum Gasteiger partial charge on any atom is 0.192 e. The van der Waals surface area contributed by atoms with E-state index in [2.05, 4.69) is 34.7 Å². The molecular formula is C19H13N3OS. The number of aromatic nitrogens is 2. The second kappa shape index (κ2) is 5.32. The summed E-state index contributed by atoms with van der Waals surface area (Å²) in [5, 5.41) is 4.05. The van der Waals surface area contributed by atoms with Crippen molar-refractivity contribution in [1.29, 1.82) is 0 Å². The molecule has 2 aromatic heterocycles. The molecule has 4 aromatic rings. The Labute approximate surface area is 142 Å². The van der Waals surface area contributed by atoms with Crippen LogP contribution in [0.5, 0.6) is 0 Å². The molecule has 0 fully saturated rings.